The number of likely N-dealkylation sites (tertiary alicyclic amines) is 1. The summed E-state index contributed by atoms with van der Waals surface area (Å²) in [4.78, 5) is 28.7. The van der Waals surface area contributed by atoms with Crippen LogP contribution in [-0.4, -0.2) is 50.2 Å². The first-order valence-corrected chi connectivity index (χ1v) is 6.19. The SMILES string of the molecule is CCC1(C(=O)O)CCN(C(=O)c2nc(N)n[nH]2)CC1. The standard InChI is InChI=1S/C11H17N5O3/c1-2-11(9(18)19)3-5-16(6-4-11)8(17)7-13-10(12)15-14-7/h2-6H2,1H3,(H,18,19)(H3,12,13,14,15). The highest BCUT2D eigenvalue weighted by Gasteiger charge is 2.41. The van der Waals surface area contributed by atoms with Crippen molar-refractivity contribution in [1.29, 1.82) is 0 Å². The van der Waals surface area contributed by atoms with Crippen LogP contribution in [0.5, 0.6) is 0 Å². The van der Waals surface area contributed by atoms with Gasteiger partial charge in [-0.1, -0.05) is 6.92 Å². The van der Waals surface area contributed by atoms with Crippen LogP contribution in [0.3, 0.4) is 0 Å². The Labute approximate surface area is 110 Å². The Morgan fingerprint density at radius 2 is 2.11 bits per heavy atom. The topological polar surface area (TPSA) is 125 Å². The highest BCUT2D eigenvalue weighted by atomic mass is 16.4. The lowest BCUT2D eigenvalue weighted by atomic mass is 9.76. The molecule has 0 unspecified atom stereocenters. The number of piperidine rings is 1. The zero-order chi connectivity index (χ0) is 14.0. The Morgan fingerprint density at radius 3 is 2.53 bits per heavy atom. The predicted octanol–water partition coefficient (Wildman–Crippen LogP) is 0.104. The van der Waals surface area contributed by atoms with E-state index in [0.717, 1.165) is 0 Å². The van der Waals surface area contributed by atoms with E-state index in [1.54, 1.807) is 4.90 Å². The Balaban J connectivity index is 2.04. The summed E-state index contributed by atoms with van der Waals surface area (Å²) in [6.45, 7) is 2.67. The van der Waals surface area contributed by atoms with Crippen LogP contribution < -0.4 is 5.73 Å². The smallest absolute Gasteiger partial charge is 0.309 e. The van der Waals surface area contributed by atoms with E-state index in [4.69, 9.17) is 5.73 Å². The molecule has 1 aliphatic rings. The minimum Gasteiger partial charge on any atom is -0.481 e. The zero-order valence-corrected chi connectivity index (χ0v) is 10.7. The van der Waals surface area contributed by atoms with Crippen LogP contribution in [0, 0.1) is 5.41 Å². The van der Waals surface area contributed by atoms with Gasteiger partial charge in [-0.15, -0.1) is 5.10 Å². The maximum atomic E-state index is 12.1. The number of carboxylic acid groups (broad SMARTS) is 1. The van der Waals surface area contributed by atoms with Crippen LogP contribution in [0.4, 0.5) is 5.95 Å². The zero-order valence-electron chi connectivity index (χ0n) is 10.7. The van der Waals surface area contributed by atoms with E-state index < -0.39 is 11.4 Å². The second-order valence-corrected chi connectivity index (χ2v) is 4.77. The first kappa shape index (κ1) is 13.3. The van der Waals surface area contributed by atoms with E-state index in [9.17, 15) is 14.7 Å². The van der Waals surface area contributed by atoms with Crippen LogP contribution in [0.25, 0.3) is 0 Å². The van der Waals surface area contributed by atoms with Crippen molar-refractivity contribution in [3.63, 3.8) is 0 Å². The van der Waals surface area contributed by atoms with E-state index in [2.05, 4.69) is 15.2 Å². The Hall–Kier alpha value is -2.12. The summed E-state index contributed by atoms with van der Waals surface area (Å²) in [5.74, 6) is -0.962. The fourth-order valence-corrected chi connectivity index (χ4v) is 2.38. The number of aromatic amines is 1. The maximum Gasteiger partial charge on any atom is 0.309 e. The lowest BCUT2D eigenvalue weighted by Gasteiger charge is -2.37. The number of nitrogens with zero attached hydrogens (tertiary/aromatic N) is 3. The molecule has 0 aliphatic carbocycles. The molecule has 2 rings (SSSR count). The van der Waals surface area contributed by atoms with Crippen molar-refractivity contribution >= 4 is 17.8 Å². The number of nitrogens with two attached hydrogens (primary N) is 1. The molecule has 4 N–H and O–H groups in total. The summed E-state index contributed by atoms with van der Waals surface area (Å²) in [6, 6.07) is 0. The second kappa shape index (κ2) is 4.87. The molecule has 1 fully saturated rings. The van der Waals surface area contributed by atoms with Gasteiger partial charge in [-0.2, -0.15) is 4.98 Å². The van der Waals surface area contributed by atoms with Crippen molar-refractivity contribution in [1.82, 2.24) is 20.1 Å². The number of anilines is 1. The summed E-state index contributed by atoms with van der Waals surface area (Å²) in [5.41, 5.74) is 4.64. The van der Waals surface area contributed by atoms with Crippen LogP contribution in [-0.2, 0) is 4.79 Å². The van der Waals surface area contributed by atoms with Gasteiger partial charge in [0, 0.05) is 13.1 Å². The van der Waals surface area contributed by atoms with E-state index >= 15 is 0 Å². The molecule has 2 heterocycles. The van der Waals surface area contributed by atoms with E-state index in [0.29, 0.717) is 32.4 Å². The highest BCUT2D eigenvalue weighted by molar-refractivity contribution is 5.91. The number of rotatable bonds is 3. The summed E-state index contributed by atoms with van der Waals surface area (Å²) in [6.07, 6.45) is 1.47. The fourth-order valence-electron chi connectivity index (χ4n) is 2.38. The van der Waals surface area contributed by atoms with Crippen molar-refractivity contribution in [2.45, 2.75) is 26.2 Å². The minimum atomic E-state index is -0.786. The van der Waals surface area contributed by atoms with Crippen molar-refractivity contribution in [2.75, 3.05) is 18.8 Å². The third-order valence-corrected chi connectivity index (χ3v) is 3.84. The lowest BCUT2D eigenvalue weighted by molar-refractivity contribution is -0.152. The van der Waals surface area contributed by atoms with E-state index in [1.807, 2.05) is 6.92 Å². The Morgan fingerprint density at radius 1 is 1.47 bits per heavy atom. The van der Waals surface area contributed by atoms with Gasteiger partial charge in [0.05, 0.1) is 5.41 Å². The molecule has 0 atom stereocenters. The number of nitrogens with one attached hydrogen (secondary N) is 1. The number of aliphatic carboxylic acids is 1. The van der Waals surface area contributed by atoms with Gasteiger partial charge in [-0.3, -0.25) is 14.7 Å². The largest absolute Gasteiger partial charge is 0.481 e. The Bertz CT molecular complexity index is 490. The lowest BCUT2D eigenvalue weighted by Crippen LogP contribution is -2.46. The van der Waals surface area contributed by atoms with Crippen LogP contribution in [0.15, 0.2) is 0 Å². The molecule has 0 aromatic carbocycles. The van der Waals surface area contributed by atoms with Gasteiger partial charge in [0.2, 0.25) is 11.8 Å². The maximum absolute atomic E-state index is 12.1. The summed E-state index contributed by atoms with van der Waals surface area (Å²) >= 11 is 0. The molecular weight excluding hydrogens is 250 g/mol. The normalized spacial score (nSPS) is 18.3. The average Bonchev–Trinajstić information content (AvgIpc) is 2.84. The van der Waals surface area contributed by atoms with Gasteiger partial charge in [0.25, 0.3) is 5.91 Å². The third kappa shape index (κ3) is 2.38. The van der Waals surface area contributed by atoms with Crippen molar-refractivity contribution < 1.29 is 14.7 Å². The van der Waals surface area contributed by atoms with Crippen LogP contribution in [0.2, 0.25) is 0 Å². The van der Waals surface area contributed by atoms with Gasteiger partial charge in [0.15, 0.2) is 0 Å². The monoisotopic (exact) mass is 267 g/mol. The van der Waals surface area contributed by atoms with Gasteiger partial charge >= 0.3 is 5.97 Å². The number of H-pyrrole nitrogens is 1. The average molecular weight is 267 g/mol. The number of carbonyl (C=O) groups excluding carboxylic acids is 1. The van der Waals surface area contributed by atoms with Gasteiger partial charge in [0.1, 0.15) is 0 Å². The van der Waals surface area contributed by atoms with Crippen LogP contribution >= 0.6 is 0 Å². The van der Waals surface area contributed by atoms with Crippen molar-refractivity contribution in [2.24, 2.45) is 5.41 Å². The first-order chi connectivity index (χ1) is 8.98. The van der Waals surface area contributed by atoms with E-state index in [1.165, 1.54) is 0 Å². The third-order valence-electron chi connectivity index (χ3n) is 3.84. The predicted molar refractivity (Wildman–Crippen MR) is 66.3 cm³/mol. The fraction of sp³-hybridized carbons (Fsp3) is 0.636. The van der Waals surface area contributed by atoms with Gasteiger partial charge in [-0.25, -0.2) is 0 Å². The molecule has 104 valence electrons. The molecule has 1 amide bonds. The summed E-state index contributed by atoms with van der Waals surface area (Å²) < 4.78 is 0. The molecule has 0 bridgehead atoms. The molecule has 8 nitrogen and oxygen atoms in total. The molecular formula is C11H17N5O3. The Kier molecular flexibility index (Phi) is 3.41. The molecule has 19 heavy (non-hydrogen) atoms. The quantitative estimate of drug-likeness (QED) is 0.713. The number of nitrogen functional groups attached to an aromatic ring is 1. The molecule has 1 aliphatic heterocycles. The number of hydrogen-bond donors (Lipinski definition) is 3. The molecule has 1 aromatic heterocycles. The summed E-state index contributed by atoms with van der Waals surface area (Å²) in [5, 5.41) is 15.4. The molecule has 8 heteroatoms. The highest BCUT2D eigenvalue weighted by Crippen LogP contribution is 2.35. The number of hydrogen-bond acceptors (Lipinski definition) is 5. The van der Waals surface area contributed by atoms with E-state index in [-0.39, 0.29) is 17.7 Å². The summed E-state index contributed by atoms with van der Waals surface area (Å²) in [7, 11) is 0. The molecule has 0 saturated carbocycles. The second-order valence-electron chi connectivity index (χ2n) is 4.77. The van der Waals surface area contributed by atoms with Gasteiger partial charge in [-0.05, 0) is 19.3 Å². The molecule has 1 aromatic rings. The number of amides is 1. The molecule has 0 spiro atoms. The van der Waals surface area contributed by atoms with Crippen molar-refractivity contribution in [3.05, 3.63) is 5.82 Å². The molecule has 1 saturated heterocycles. The molecule has 0 radical (unpaired) electrons. The number of aromatic nitrogens is 3. The minimum absolute atomic E-state index is 0.0220. The van der Waals surface area contributed by atoms with Crippen molar-refractivity contribution in [3.8, 4) is 0 Å². The number of carbonyl (C=O) groups is 2. The first-order valence-electron chi connectivity index (χ1n) is 6.19. The van der Waals surface area contributed by atoms with Gasteiger partial charge < -0.3 is 15.7 Å². The number of carboxylic acids is 1. The van der Waals surface area contributed by atoms with Crippen LogP contribution in [0.1, 0.15) is 36.8 Å².